The first-order valence-electron chi connectivity index (χ1n) is 5.29. The Bertz CT molecular complexity index is 508. The van der Waals surface area contributed by atoms with Crippen LogP contribution in [0.1, 0.15) is 12.5 Å². The van der Waals surface area contributed by atoms with Gasteiger partial charge < -0.3 is 5.73 Å². The number of nitrogens with zero attached hydrogens (tertiary/aromatic N) is 3. The molecule has 0 saturated carbocycles. The van der Waals surface area contributed by atoms with Crippen molar-refractivity contribution in [2.75, 3.05) is 0 Å². The Labute approximate surface area is 98.2 Å². The number of aromatic amines is 1. The fourth-order valence-electron chi connectivity index (χ4n) is 1.58. The molecule has 1 heterocycles. The molecule has 2 rings (SSSR count). The standard InChI is InChI=1S/C11H13N5O/c1-7(10(12)17)5-8-3-2-4-9(6-8)11-13-15-16-14-11/h2-4,6-7H,5H2,1H3,(H2,12,17)(H,13,14,15,16). The van der Waals surface area contributed by atoms with Gasteiger partial charge in [0, 0.05) is 11.5 Å². The smallest absolute Gasteiger partial charge is 0.220 e. The first-order valence-corrected chi connectivity index (χ1v) is 5.29. The van der Waals surface area contributed by atoms with Crippen LogP contribution in [0.2, 0.25) is 0 Å². The summed E-state index contributed by atoms with van der Waals surface area (Å²) in [6, 6.07) is 7.67. The maximum Gasteiger partial charge on any atom is 0.220 e. The van der Waals surface area contributed by atoms with Gasteiger partial charge in [-0.15, -0.1) is 10.2 Å². The molecular formula is C11H13N5O. The number of tetrazole rings is 1. The minimum Gasteiger partial charge on any atom is -0.369 e. The molecule has 0 aliphatic carbocycles. The van der Waals surface area contributed by atoms with Crippen molar-refractivity contribution < 1.29 is 4.79 Å². The molecule has 1 unspecified atom stereocenters. The van der Waals surface area contributed by atoms with Crippen molar-refractivity contribution in [3.8, 4) is 11.4 Å². The molecule has 0 saturated heterocycles. The van der Waals surface area contributed by atoms with Crippen LogP contribution in [0.15, 0.2) is 24.3 Å². The Kier molecular flexibility index (Phi) is 3.13. The molecule has 0 aliphatic rings. The molecule has 1 amide bonds. The Hall–Kier alpha value is -2.24. The van der Waals surface area contributed by atoms with E-state index in [1.165, 1.54) is 0 Å². The summed E-state index contributed by atoms with van der Waals surface area (Å²) in [5, 5.41) is 13.7. The second-order valence-corrected chi connectivity index (χ2v) is 3.94. The summed E-state index contributed by atoms with van der Waals surface area (Å²) >= 11 is 0. The van der Waals surface area contributed by atoms with Crippen LogP contribution in [-0.4, -0.2) is 26.5 Å². The zero-order valence-electron chi connectivity index (χ0n) is 9.42. The number of hydrogen-bond acceptors (Lipinski definition) is 4. The molecule has 1 atom stereocenters. The highest BCUT2D eigenvalue weighted by Crippen LogP contribution is 2.17. The van der Waals surface area contributed by atoms with E-state index in [2.05, 4.69) is 20.6 Å². The molecule has 3 N–H and O–H groups in total. The van der Waals surface area contributed by atoms with E-state index < -0.39 is 0 Å². The van der Waals surface area contributed by atoms with Crippen LogP contribution in [0.3, 0.4) is 0 Å². The molecule has 0 bridgehead atoms. The lowest BCUT2D eigenvalue weighted by molar-refractivity contribution is -0.121. The quantitative estimate of drug-likeness (QED) is 0.802. The van der Waals surface area contributed by atoms with Crippen LogP contribution >= 0.6 is 0 Å². The SMILES string of the molecule is CC(Cc1cccc(-c2nn[nH]n2)c1)C(N)=O. The number of primary amides is 1. The Morgan fingerprint density at radius 2 is 2.35 bits per heavy atom. The molecule has 88 valence electrons. The summed E-state index contributed by atoms with van der Waals surface area (Å²) in [5.74, 6) is 0.0593. The van der Waals surface area contributed by atoms with Crippen molar-refractivity contribution in [1.82, 2.24) is 20.6 Å². The highest BCUT2D eigenvalue weighted by Gasteiger charge is 2.10. The summed E-state index contributed by atoms with van der Waals surface area (Å²) in [6.45, 7) is 1.81. The number of aromatic nitrogens is 4. The number of carbonyl (C=O) groups is 1. The Balaban J connectivity index is 2.20. The van der Waals surface area contributed by atoms with Gasteiger partial charge in [-0.25, -0.2) is 0 Å². The van der Waals surface area contributed by atoms with Crippen LogP contribution in [0, 0.1) is 5.92 Å². The third-order valence-corrected chi connectivity index (χ3v) is 2.56. The van der Waals surface area contributed by atoms with Crippen molar-refractivity contribution in [2.24, 2.45) is 11.7 Å². The molecule has 1 aromatic carbocycles. The largest absolute Gasteiger partial charge is 0.369 e. The molecule has 0 radical (unpaired) electrons. The summed E-state index contributed by atoms with van der Waals surface area (Å²) < 4.78 is 0. The topological polar surface area (TPSA) is 97.6 Å². The normalized spacial score (nSPS) is 12.3. The van der Waals surface area contributed by atoms with Gasteiger partial charge in [-0.3, -0.25) is 4.79 Å². The van der Waals surface area contributed by atoms with E-state index in [0.29, 0.717) is 12.2 Å². The molecule has 0 aliphatic heterocycles. The zero-order valence-corrected chi connectivity index (χ0v) is 9.42. The number of nitrogens with one attached hydrogen (secondary N) is 1. The first-order chi connectivity index (χ1) is 8.16. The Morgan fingerprint density at radius 3 is 3.00 bits per heavy atom. The lowest BCUT2D eigenvalue weighted by atomic mass is 9.99. The fourth-order valence-corrected chi connectivity index (χ4v) is 1.58. The van der Waals surface area contributed by atoms with Crippen molar-refractivity contribution in [1.29, 1.82) is 0 Å². The number of amides is 1. The first kappa shape index (κ1) is 11.3. The van der Waals surface area contributed by atoms with E-state index in [1.807, 2.05) is 31.2 Å². The molecule has 1 aromatic heterocycles. The summed E-state index contributed by atoms with van der Waals surface area (Å²) in [6.07, 6.45) is 0.612. The van der Waals surface area contributed by atoms with E-state index in [4.69, 9.17) is 5.73 Å². The monoisotopic (exact) mass is 231 g/mol. The minimum atomic E-state index is -0.296. The van der Waals surface area contributed by atoms with Gasteiger partial charge in [0.1, 0.15) is 0 Å². The number of H-pyrrole nitrogens is 1. The van der Waals surface area contributed by atoms with Gasteiger partial charge in [0.05, 0.1) is 0 Å². The van der Waals surface area contributed by atoms with Gasteiger partial charge in [-0.05, 0) is 23.3 Å². The average molecular weight is 231 g/mol. The van der Waals surface area contributed by atoms with Gasteiger partial charge in [-0.1, -0.05) is 25.1 Å². The maximum absolute atomic E-state index is 11.0. The second-order valence-electron chi connectivity index (χ2n) is 3.94. The van der Waals surface area contributed by atoms with E-state index >= 15 is 0 Å². The highest BCUT2D eigenvalue weighted by molar-refractivity contribution is 5.76. The number of benzene rings is 1. The molecule has 0 spiro atoms. The molecular weight excluding hydrogens is 218 g/mol. The summed E-state index contributed by atoms with van der Waals surface area (Å²) in [5.41, 5.74) is 7.13. The van der Waals surface area contributed by atoms with Crippen molar-refractivity contribution in [3.63, 3.8) is 0 Å². The fraction of sp³-hybridized carbons (Fsp3) is 0.273. The third-order valence-electron chi connectivity index (χ3n) is 2.56. The van der Waals surface area contributed by atoms with E-state index in [9.17, 15) is 4.79 Å². The summed E-state index contributed by atoms with van der Waals surface area (Å²) in [4.78, 5) is 11.0. The predicted octanol–water partition coefficient (Wildman–Crippen LogP) is 0.531. The summed E-state index contributed by atoms with van der Waals surface area (Å²) in [7, 11) is 0. The second kappa shape index (κ2) is 4.73. The molecule has 0 fully saturated rings. The lowest BCUT2D eigenvalue weighted by Gasteiger charge is -2.07. The van der Waals surface area contributed by atoms with Crippen molar-refractivity contribution in [2.45, 2.75) is 13.3 Å². The third kappa shape index (κ3) is 2.66. The number of carbonyl (C=O) groups excluding carboxylic acids is 1. The van der Waals surface area contributed by atoms with E-state index in [1.54, 1.807) is 0 Å². The Morgan fingerprint density at radius 1 is 1.53 bits per heavy atom. The average Bonchev–Trinajstić information content (AvgIpc) is 2.82. The molecule has 2 aromatic rings. The number of rotatable bonds is 4. The molecule has 6 nitrogen and oxygen atoms in total. The van der Waals surface area contributed by atoms with Gasteiger partial charge in [0.15, 0.2) is 0 Å². The predicted molar refractivity (Wildman–Crippen MR) is 61.7 cm³/mol. The van der Waals surface area contributed by atoms with Crippen LogP contribution in [0.25, 0.3) is 11.4 Å². The van der Waals surface area contributed by atoms with Gasteiger partial charge >= 0.3 is 0 Å². The van der Waals surface area contributed by atoms with Gasteiger partial charge in [0.2, 0.25) is 11.7 Å². The number of nitrogens with two attached hydrogens (primary N) is 1. The van der Waals surface area contributed by atoms with Crippen LogP contribution < -0.4 is 5.73 Å². The van der Waals surface area contributed by atoms with Gasteiger partial charge in [-0.2, -0.15) is 5.21 Å². The van der Waals surface area contributed by atoms with Gasteiger partial charge in [0.25, 0.3) is 0 Å². The van der Waals surface area contributed by atoms with Crippen molar-refractivity contribution >= 4 is 5.91 Å². The number of hydrogen-bond donors (Lipinski definition) is 2. The van der Waals surface area contributed by atoms with Crippen molar-refractivity contribution in [3.05, 3.63) is 29.8 Å². The van der Waals surface area contributed by atoms with Crippen LogP contribution in [0.4, 0.5) is 0 Å². The maximum atomic E-state index is 11.0. The zero-order chi connectivity index (χ0) is 12.3. The molecule has 6 heteroatoms. The van der Waals surface area contributed by atoms with E-state index in [-0.39, 0.29) is 11.8 Å². The van der Waals surface area contributed by atoms with Crippen LogP contribution in [-0.2, 0) is 11.2 Å². The lowest BCUT2D eigenvalue weighted by Crippen LogP contribution is -2.22. The van der Waals surface area contributed by atoms with Crippen LogP contribution in [0.5, 0.6) is 0 Å². The highest BCUT2D eigenvalue weighted by atomic mass is 16.1. The minimum absolute atomic E-state index is 0.185. The van der Waals surface area contributed by atoms with E-state index in [0.717, 1.165) is 11.1 Å². The molecule has 17 heavy (non-hydrogen) atoms.